The van der Waals surface area contributed by atoms with Crippen molar-refractivity contribution in [1.82, 2.24) is 10.6 Å². The lowest BCUT2D eigenvalue weighted by atomic mass is 10.1. The van der Waals surface area contributed by atoms with Gasteiger partial charge in [0.2, 0.25) is 5.91 Å². The monoisotopic (exact) mass is 334 g/mol. The third kappa shape index (κ3) is 5.71. The van der Waals surface area contributed by atoms with Gasteiger partial charge < -0.3 is 10.6 Å². The largest absolute Gasteiger partial charge is 0.354 e. The Morgan fingerprint density at radius 3 is 2.39 bits per heavy atom. The van der Waals surface area contributed by atoms with Crippen molar-refractivity contribution < 1.29 is 14.0 Å². The Balaban J connectivity index is 1.69. The van der Waals surface area contributed by atoms with Gasteiger partial charge in [-0.05, 0) is 35.9 Å². The van der Waals surface area contributed by atoms with Gasteiger partial charge in [-0.2, -0.15) is 0 Å². The van der Waals surface area contributed by atoms with Gasteiger partial charge >= 0.3 is 0 Å². The molecule has 23 heavy (non-hydrogen) atoms. The van der Waals surface area contributed by atoms with Gasteiger partial charge in [0.05, 0.1) is 6.42 Å². The number of hydrogen-bond donors (Lipinski definition) is 2. The minimum atomic E-state index is -0.464. The van der Waals surface area contributed by atoms with Gasteiger partial charge in [-0.3, -0.25) is 9.59 Å². The van der Waals surface area contributed by atoms with Crippen LogP contribution in [0.2, 0.25) is 5.02 Å². The molecule has 120 valence electrons. The average Bonchev–Trinajstić information content (AvgIpc) is 2.53. The van der Waals surface area contributed by atoms with Gasteiger partial charge in [0.1, 0.15) is 5.82 Å². The third-order valence-electron chi connectivity index (χ3n) is 3.10. The molecule has 0 saturated carbocycles. The van der Waals surface area contributed by atoms with Gasteiger partial charge in [0.15, 0.2) is 0 Å². The molecule has 0 aromatic heterocycles. The summed E-state index contributed by atoms with van der Waals surface area (Å²) in [6.07, 6.45) is 0.245. The van der Waals surface area contributed by atoms with Crippen LogP contribution in [0.5, 0.6) is 0 Å². The van der Waals surface area contributed by atoms with Crippen LogP contribution in [0.3, 0.4) is 0 Å². The second-order valence-corrected chi connectivity index (χ2v) is 5.36. The summed E-state index contributed by atoms with van der Waals surface area (Å²) >= 11 is 5.78. The van der Waals surface area contributed by atoms with E-state index < -0.39 is 5.82 Å². The molecule has 0 atom stereocenters. The maximum Gasteiger partial charge on any atom is 0.251 e. The first-order chi connectivity index (χ1) is 11.0. The molecule has 0 aliphatic rings. The van der Waals surface area contributed by atoms with Crippen molar-refractivity contribution in [2.24, 2.45) is 0 Å². The van der Waals surface area contributed by atoms with Crippen LogP contribution in [-0.4, -0.2) is 24.9 Å². The highest BCUT2D eigenvalue weighted by atomic mass is 35.5. The maximum absolute atomic E-state index is 13.0. The molecule has 2 aromatic carbocycles. The first kappa shape index (κ1) is 17.0. The highest BCUT2D eigenvalue weighted by Crippen LogP contribution is 2.09. The van der Waals surface area contributed by atoms with E-state index in [1.165, 1.54) is 18.2 Å². The summed E-state index contributed by atoms with van der Waals surface area (Å²) in [6, 6.07) is 12.5. The molecule has 0 saturated heterocycles. The predicted molar refractivity (Wildman–Crippen MR) is 86.9 cm³/mol. The van der Waals surface area contributed by atoms with Crippen LogP contribution in [0, 0.1) is 5.82 Å². The Kier molecular flexibility index (Phi) is 6.11. The number of benzene rings is 2. The van der Waals surface area contributed by atoms with Crippen LogP contribution in [0.1, 0.15) is 15.9 Å². The molecule has 0 heterocycles. The van der Waals surface area contributed by atoms with E-state index in [4.69, 9.17) is 11.6 Å². The third-order valence-corrected chi connectivity index (χ3v) is 3.35. The van der Waals surface area contributed by atoms with E-state index in [9.17, 15) is 14.0 Å². The second kappa shape index (κ2) is 8.29. The minimum Gasteiger partial charge on any atom is -0.354 e. The molecule has 6 heteroatoms. The summed E-state index contributed by atoms with van der Waals surface area (Å²) in [6.45, 7) is 0.565. The summed E-state index contributed by atoms with van der Waals surface area (Å²) in [7, 11) is 0. The zero-order valence-electron chi connectivity index (χ0n) is 12.3. The molecule has 0 aliphatic carbocycles. The summed E-state index contributed by atoms with van der Waals surface area (Å²) in [5, 5.41) is 5.94. The lowest BCUT2D eigenvalue weighted by Gasteiger charge is -2.07. The molecule has 4 nitrogen and oxygen atoms in total. The van der Waals surface area contributed by atoms with E-state index >= 15 is 0 Å². The second-order valence-electron chi connectivity index (χ2n) is 4.92. The smallest absolute Gasteiger partial charge is 0.251 e. The standard InChI is InChI=1S/C17H16ClFN2O2/c18-14-6-4-12(5-7-14)10-16(22)20-8-9-21-17(23)13-2-1-3-15(19)11-13/h1-7,11H,8-10H2,(H,20,22)(H,21,23). The first-order valence-electron chi connectivity index (χ1n) is 7.09. The summed E-state index contributed by atoms with van der Waals surface area (Å²) in [5.41, 5.74) is 1.10. The average molecular weight is 335 g/mol. The first-order valence-corrected chi connectivity index (χ1v) is 7.47. The van der Waals surface area contributed by atoms with Crippen LogP contribution in [0.25, 0.3) is 0 Å². The van der Waals surface area contributed by atoms with Gasteiger partial charge in [-0.1, -0.05) is 29.8 Å². The molecule has 2 aromatic rings. The fourth-order valence-corrected chi connectivity index (χ4v) is 2.09. The van der Waals surface area contributed by atoms with E-state index in [-0.39, 0.29) is 30.3 Å². The molecule has 0 radical (unpaired) electrons. The van der Waals surface area contributed by atoms with Crippen molar-refractivity contribution in [3.63, 3.8) is 0 Å². The van der Waals surface area contributed by atoms with E-state index in [1.54, 1.807) is 24.3 Å². The number of carbonyl (C=O) groups is 2. The number of amides is 2. The fraction of sp³-hybridized carbons (Fsp3) is 0.176. The van der Waals surface area contributed by atoms with Gasteiger partial charge in [0, 0.05) is 23.7 Å². The molecular formula is C17H16ClFN2O2. The van der Waals surface area contributed by atoms with Crippen LogP contribution < -0.4 is 10.6 Å². The minimum absolute atomic E-state index is 0.146. The Hall–Kier alpha value is -2.40. The van der Waals surface area contributed by atoms with Crippen molar-refractivity contribution in [3.8, 4) is 0 Å². The molecule has 0 bridgehead atoms. The number of rotatable bonds is 6. The van der Waals surface area contributed by atoms with Crippen molar-refractivity contribution in [3.05, 3.63) is 70.5 Å². The predicted octanol–water partition coefficient (Wildman–Crippen LogP) is 2.57. The van der Waals surface area contributed by atoms with Crippen molar-refractivity contribution in [2.75, 3.05) is 13.1 Å². The number of halogens is 2. The number of carbonyl (C=O) groups excluding carboxylic acids is 2. The molecule has 0 fully saturated rings. The van der Waals surface area contributed by atoms with Crippen LogP contribution >= 0.6 is 11.6 Å². The van der Waals surface area contributed by atoms with Crippen LogP contribution in [0.4, 0.5) is 4.39 Å². The molecule has 0 spiro atoms. The number of hydrogen-bond acceptors (Lipinski definition) is 2. The lowest BCUT2D eigenvalue weighted by Crippen LogP contribution is -2.35. The van der Waals surface area contributed by atoms with Crippen LogP contribution in [-0.2, 0) is 11.2 Å². The van der Waals surface area contributed by atoms with Crippen molar-refractivity contribution >= 4 is 23.4 Å². The highest BCUT2D eigenvalue weighted by molar-refractivity contribution is 6.30. The highest BCUT2D eigenvalue weighted by Gasteiger charge is 2.06. The Bertz CT molecular complexity index is 689. The Morgan fingerprint density at radius 1 is 1.00 bits per heavy atom. The van der Waals surface area contributed by atoms with Gasteiger partial charge in [-0.25, -0.2) is 4.39 Å². The van der Waals surface area contributed by atoms with E-state index in [0.29, 0.717) is 11.6 Å². The molecule has 2 amide bonds. The topological polar surface area (TPSA) is 58.2 Å². The van der Waals surface area contributed by atoms with E-state index in [0.717, 1.165) is 11.6 Å². The summed E-state index contributed by atoms with van der Waals surface area (Å²) < 4.78 is 13.0. The van der Waals surface area contributed by atoms with E-state index in [2.05, 4.69) is 10.6 Å². The molecule has 2 rings (SSSR count). The van der Waals surface area contributed by atoms with Gasteiger partial charge in [0.25, 0.3) is 5.91 Å². The molecule has 2 N–H and O–H groups in total. The van der Waals surface area contributed by atoms with E-state index in [1.807, 2.05) is 0 Å². The normalized spacial score (nSPS) is 10.2. The lowest BCUT2D eigenvalue weighted by molar-refractivity contribution is -0.120. The zero-order chi connectivity index (χ0) is 16.7. The zero-order valence-corrected chi connectivity index (χ0v) is 13.1. The Labute approximate surface area is 138 Å². The van der Waals surface area contributed by atoms with Crippen LogP contribution in [0.15, 0.2) is 48.5 Å². The summed E-state index contributed by atoms with van der Waals surface area (Å²) in [4.78, 5) is 23.5. The Morgan fingerprint density at radius 2 is 1.70 bits per heavy atom. The van der Waals surface area contributed by atoms with Crippen molar-refractivity contribution in [1.29, 1.82) is 0 Å². The van der Waals surface area contributed by atoms with Gasteiger partial charge in [-0.15, -0.1) is 0 Å². The fourth-order valence-electron chi connectivity index (χ4n) is 1.96. The van der Waals surface area contributed by atoms with Crippen molar-refractivity contribution in [2.45, 2.75) is 6.42 Å². The maximum atomic E-state index is 13.0. The molecular weight excluding hydrogens is 319 g/mol. The summed E-state index contributed by atoms with van der Waals surface area (Å²) in [5.74, 6) is -0.988. The SMILES string of the molecule is O=C(Cc1ccc(Cl)cc1)NCCNC(=O)c1cccc(F)c1. The quantitative estimate of drug-likeness (QED) is 0.798. The molecule has 0 unspecified atom stereocenters. The molecule has 0 aliphatic heterocycles. The number of nitrogens with one attached hydrogen (secondary N) is 2.